The minimum Gasteiger partial charge on any atom is -0.323 e. The van der Waals surface area contributed by atoms with Gasteiger partial charge in [-0.05, 0) is 12.1 Å². The lowest BCUT2D eigenvalue weighted by molar-refractivity contribution is 0.507. The highest BCUT2D eigenvalue weighted by atomic mass is 79.9. The first-order valence-corrected chi connectivity index (χ1v) is 3.83. The van der Waals surface area contributed by atoms with Gasteiger partial charge < -0.3 is 5.84 Å². The van der Waals surface area contributed by atoms with Crippen LogP contribution in [0, 0.1) is 11.6 Å². The predicted molar refractivity (Wildman–Crippen MR) is 45.8 cm³/mol. The maximum Gasteiger partial charge on any atom is 0.168 e. The maximum absolute atomic E-state index is 12.9. The van der Waals surface area contributed by atoms with Crippen molar-refractivity contribution < 1.29 is 8.78 Å². The zero-order chi connectivity index (χ0) is 9.14. The molecule has 64 valence electrons. The van der Waals surface area contributed by atoms with Crippen LogP contribution in [0.25, 0.3) is 0 Å². The second kappa shape index (κ2) is 3.62. The first kappa shape index (κ1) is 9.12. The zero-order valence-electron chi connectivity index (χ0n) is 5.89. The van der Waals surface area contributed by atoms with Crippen LogP contribution >= 0.6 is 15.9 Å². The summed E-state index contributed by atoms with van der Waals surface area (Å²) < 4.78 is 25.9. The summed E-state index contributed by atoms with van der Waals surface area (Å²) in [5, 5.41) is 3.11. The molecule has 0 unspecified atom stereocenters. The summed E-state index contributed by atoms with van der Waals surface area (Å²) in [6.07, 6.45) is 1.04. The molecule has 0 aliphatic rings. The smallest absolute Gasteiger partial charge is 0.168 e. The number of halogens is 3. The molecule has 2 nitrogen and oxygen atoms in total. The Morgan fingerprint density at radius 3 is 2.67 bits per heavy atom. The predicted octanol–water partition coefficient (Wildman–Crippen LogP) is 2.02. The molecule has 0 amide bonds. The Hall–Kier alpha value is -0.970. The van der Waals surface area contributed by atoms with Crippen LogP contribution in [-0.2, 0) is 0 Å². The largest absolute Gasteiger partial charge is 0.323 e. The van der Waals surface area contributed by atoms with Crippen molar-refractivity contribution in [3.05, 3.63) is 33.8 Å². The molecule has 0 aliphatic carbocycles. The van der Waals surface area contributed by atoms with Gasteiger partial charge in [-0.15, -0.1) is 0 Å². The lowest BCUT2D eigenvalue weighted by Gasteiger charge is -1.99. The third-order valence-electron chi connectivity index (χ3n) is 1.28. The minimum atomic E-state index is -0.960. The normalized spacial score (nSPS) is 10.9. The Morgan fingerprint density at radius 1 is 1.42 bits per heavy atom. The summed E-state index contributed by atoms with van der Waals surface area (Å²) in [5.74, 6) is 2.93. The number of nitrogens with zero attached hydrogens (tertiary/aromatic N) is 1. The van der Waals surface area contributed by atoms with Crippen molar-refractivity contribution in [2.75, 3.05) is 0 Å². The molecule has 0 fully saturated rings. The lowest BCUT2D eigenvalue weighted by atomic mass is 10.2. The van der Waals surface area contributed by atoms with E-state index in [1.807, 2.05) is 0 Å². The number of nitrogens with two attached hydrogens (primary N) is 1. The first-order valence-electron chi connectivity index (χ1n) is 3.03. The van der Waals surface area contributed by atoms with E-state index in [1.165, 1.54) is 6.07 Å². The second-order valence-corrected chi connectivity index (χ2v) is 2.89. The third kappa shape index (κ3) is 1.61. The molecule has 0 saturated heterocycles. The quantitative estimate of drug-likeness (QED) is 0.344. The van der Waals surface area contributed by atoms with Crippen LogP contribution < -0.4 is 5.84 Å². The van der Waals surface area contributed by atoms with Crippen molar-refractivity contribution in [3.63, 3.8) is 0 Å². The van der Waals surface area contributed by atoms with Crippen molar-refractivity contribution in [2.45, 2.75) is 0 Å². The van der Waals surface area contributed by atoms with E-state index in [1.54, 1.807) is 0 Å². The fraction of sp³-hybridized carbons (Fsp3) is 0. The third-order valence-corrected chi connectivity index (χ3v) is 1.97. The summed E-state index contributed by atoms with van der Waals surface area (Å²) in [6, 6.07) is 2.41. The van der Waals surface area contributed by atoms with E-state index in [2.05, 4.69) is 21.0 Å². The average Bonchev–Trinajstić information content (AvgIpc) is 2.06. The van der Waals surface area contributed by atoms with E-state index in [9.17, 15) is 8.78 Å². The molecule has 5 heteroatoms. The Bertz CT molecular complexity index is 325. The van der Waals surface area contributed by atoms with E-state index in [4.69, 9.17) is 5.84 Å². The lowest BCUT2D eigenvalue weighted by Crippen LogP contribution is -1.96. The number of benzene rings is 1. The van der Waals surface area contributed by atoms with Gasteiger partial charge in [0.2, 0.25) is 0 Å². The standard InChI is InChI=1S/C7H5BrF2N2/c8-5-1-2-6(9)7(10)4(5)3-12-11/h1-3H,11H2. The van der Waals surface area contributed by atoms with Crippen LogP contribution in [0.5, 0.6) is 0 Å². The van der Waals surface area contributed by atoms with Crippen LogP contribution in [0.15, 0.2) is 21.7 Å². The zero-order valence-corrected chi connectivity index (χ0v) is 7.48. The van der Waals surface area contributed by atoms with Crippen molar-refractivity contribution in [1.29, 1.82) is 0 Å². The van der Waals surface area contributed by atoms with E-state index < -0.39 is 11.6 Å². The molecule has 2 N–H and O–H groups in total. The first-order chi connectivity index (χ1) is 5.66. The van der Waals surface area contributed by atoms with Gasteiger partial charge in [-0.25, -0.2) is 8.78 Å². The minimum absolute atomic E-state index is 0.0116. The molecule has 0 atom stereocenters. The second-order valence-electron chi connectivity index (χ2n) is 2.04. The molecule has 0 aromatic heterocycles. The Labute approximate surface area is 76.2 Å². The Kier molecular flexibility index (Phi) is 2.75. The summed E-state index contributed by atoms with van der Waals surface area (Å²) >= 11 is 3.03. The van der Waals surface area contributed by atoms with Gasteiger partial charge in [-0.1, -0.05) is 15.9 Å². The van der Waals surface area contributed by atoms with Gasteiger partial charge >= 0.3 is 0 Å². The Morgan fingerprint density at radius 2 is 2.08 bits per heavy atom. The van der Waals surface area contributed by atoms with Crippen LogP contribution in [-0.4, -0.2) is 6.21 Å². The number of hydrogen-bond acceptors (Lipinski definition) is 2. The molecule has 1 aromatic carbocycles. The number of rotatable bonds is 1. The van der Waals surface area contributed by atoms with E-state index in [0.717, 1.165) is 12.3 Å². The molecule has 1 aromatic rings. The molecule has 0 saturated carbocycles. The fourth-order valence-electron chi connectivity index (χ4n) is 0.736. The highest BCUT2D eigenvalue weighted by molar-refractivity contribution is 9.10. The molecule has 12 heavy (non-hydrogen) atoms. The molecular weight excluding hydrogens is 230 g/mol. The Balaban J connectivity index is 3.32. The molecule has 0 spiro atoms. The fourth-order valence-corrected chi connectivity index (χ4v) is 1.14. The summed E-state index contributed by atoms with van der Waals surface area (Å²) in [6.45, 7) is 0. The molecule has 0 aliphatic heterocycles. The van der Waals surface area contributed by atoms with Gasteiger partial charge in [0.25, 0.3) is 0 Å². The van der Waals surface area contributed by atoms with Gasteiger partial charge in [0.15, 0.2) is 11.6 Å². The average molecular weight is 235 g/mol. The molecule has 0 bridgehead atoms. The van der Waals surface area contributed by atoms with Crippen molar-refractivity contribution in [1.82, 2.24) is 0 Å². The SMILES string of the molecule is NN=Cc1c(Br)ccc(F)c1F. The number of hydrazone groups is 1. The molecule has 1 rings (SSSR count). The highest BCUT2D eigenvalue weighted by Crippen LogP contribution is 2.19. The highest BCUT2D eigenvalue weighted by Gasteiger charge is 2.09. The number of hydrogen-bond donors (Lipinski definition) is 1. The van der Waals surface area contributed by atoms with Crippen LogP contribution in [0.1, 0.15) is 5.56 Å². The van der Waals surface area contributed by atoms with E-state index in [-0.39, 0.29) is 5.56 Å². The molecular formula is C7H5BrF2N2. The van der Waals surface area contributed by atoms with Gasteiger partial charge in [-0.3, -0.25) is 0 Å². The summed E-state index contributed by atoms with van der Waals surface area (Å²) in [5.41, 5.74) is 0.0116. The van der Waals surface area contributed by atoms with E-state index >= 15 is 0 Å². The molecule has 0 radical (unpaired) electrons. The van der Waals surface area contributed by atoms with Crippen molar-refractivity contribution in [3.8, 4) is 0 Å². The monoisotopic (exact) mass is 234 g/mol. The summed E-state index contributed by atoms with van der Waals surface area (Å²) in [7, 11) is 0. The maximum atomic E-state index is 12.9. The van der Waals surface area contributed by atoms with Crippen molar-refractivity contribution >= 4 is 22.1 Å². The van der Waals surface area contributed by atoms with Crippen LogP contribution in [0.4, 0.5) is 8.78 Å². The van der Waals surface area contributed by atoms with E-state index in [0.29, 0.717) is 4.47 Å². The van der Waals surface area contributed by atoms with Gasteiger partial charge in [0.1, 0.15) is 0 Å². The van der Waals surface area contributed by atoms with Gasteiger partial charge in [-0.2, -0.15) is 5.10 Å². The topological polar surface area (TPSA) is 38.4 Å². The molecule has 0 heterocycles. The van der Waals surface area contributed by atoms with Gasteiger partial charge in [0.05, 0.1) is 6.21 Å². The van der Waals surface area contributed by atoms with Crippen LogP contribution in [0.2, 0.25) is 0 Å². The van der Waals surface area contributed by atoms with Gasteiger partial charge in [0, 0.05) is 10.0 Å². The van der Waals surface area contributed by atoms with Crippen molar-refractivity contribution in [2.24, 2.45) is 10.9 Å². The van der Waals surface area contributed by atoms with Crippen LogP contribution in [0.3, 0.4) is 0 Å². The summed E-state index contributed by atoms with van der Waals surface area (Å²) in [4.78, 5) is 0.